The number of alkyl halides is 4. The second-order valence-corrected chi connectivity index (χ2v) is 15.0. The van der Waals surface area contributed by atoms with E-state index < -0.39 is 107 Å². The van der Waals surface area contributed by atoms with Crippen molar-refractivity contribution in [2.75, 3.05) is 6.61 Å². The number of esters is 4. The molecule has 6 aliphatic carbocycles. The highest BCUT2D eigenvalue weighted by Crippen LogP contribution is 2.62. The van der Waals surface area contributed by atoms with Gasteiger partial charge in [0, 0.05) is 11.8 Å². The molecule has 11 nitrogen and oxygen atoms in total. The van der Waals surface area contributed by atoms with E-state index >= 15 is 0 Å². The highest BCUT2D eigenvalue weighted by Gasteiger charge is 2.71. The standard InChI is InChI=1S/C28H34F4O11S/c1-26(14-7-12-6-13(9-14)10-15(26)8-12)43-25(36)21-17-11-16-20(21)24(35)42-23(16)22(17)41-19(34)3-2-18(33)40-5-4-27(29,30)28(31,32)44(37,38)39/h12-17,20-23H,2-11H2,1H3,(H,37,38,39). The smallest absolute Gasteiger partial charge is 0.431 e. The van der Waals surface area contributed by atoms with Gasteiger partial charge < -0.3 is 18.9 Å². The van der Waals surface area contributed by atoms with Gasteiger partial charge in [0.15, 0.2) is 0 Å². The van der Waals surface area contributed by atoms with Crippen molar-refractivity contribution in [1.82, 2.24) is 0 Å². The Hall–Kier alpha value is -2.49. The molecule has 7 fully saturated rings. The number of carbonyl (C=O) groups is 4. The van der Waals surface area contributed by atoms with Gasteiger partial charge in [-0.2, -0.15) is 26.0 Å². The van der Waals surface area contributed by atoms with Gasteiger partial charge in [-0.05, 0) is 69.1 Å². The summed E-state index contributed by atoms with van der Waals surface area (Å²) in [5, 5.41) is -5.79. The summed E-state index contributed by atoms with van der Waals surface area (Å²) in [5.74, 6) is -8.94. The summed E-state index contributed by atoms with van der Waals surface area (Å²) in [5.41, 5.74) is -0.618. The Morgan fingerprint density at radius 2 is 1.55 bits per heavy atom. The minimum atomic E-state index is -6.42. The fourth-order valence-electron chi connectivity index (χ4n) is 9.15. The van der Waals surface area contributed by atoms with Crippen LogP contribution in [0.3, 0.4) is 0 Å². The van der Waals surface area contributed by atoms with Gasteiger partial charge in [0.2, 0.25) is 0 Å². The molecule has 0 amide bonds. The van der Waals surface area contributed by atoms with Gasteiger partial charge in [-0.25, -0.2) is 0 Å². The molecule has 6 bridgehead atoms. The van der Waals surface area contributed by atoms with E-state index in [4.69, 9.17) is 18.8 Å². The number of fused-ring (bicyclic) bond motifs is 1. The maximum Gasteiger partial charge on any atom is 0.431 e. The minimum Gasteiger partial charge on any atom is -0.465 e. The molecule has 1 saturated heterocycles. The highest BCUT2D eigenvalue weighted by atomic mass is 32.2. The SMILES string of the molecule is CC1(OC(=O)C2C3CC4C(OC(=O)C42)C3OC(=O)CCC(=O)OCCC(F)(F)C(F)(F)S(=O)(=O)O)C2CC3CC(C2)CC1C3. The van der Waals surface area contributed by atoms with Gasteiger partial charge in [0.25, 0.3) is 0 Å². The van der Waals surface area contributed by atoms with Gasteiger partial charge in [-0.15, -0.1) is 0 Å². The van der Waals surface area contributed by atoms with Crippen molar-refractivity contribution in [3.63, 3.8) is 0 Å². The van der Waals surface area contributed by atoms with E-state index in [1.165, 1.54) is 6.42 Å². The highest BCUT2D eigenvalue weighted by molar-refractivity contribution is 7.87. The van der Waals surface area contributed by atoms with Crippen LogP contribution < -0.4 is 0 Å². The molecule has 0 aromatic heterocycles. The third-order valence-electron chi connectivity index (χ3n) is 11.1. The van der Waals surface area contributed by atoms with Crippen molar-refractivity contribution in [3.8, 4) is 0 Å². The van der Waals surface area contributed by atoms with E-state index in [-0.39, 0.29) is 17.8 Å². The molecular weight excluding hydrogens is 620 g/mol. The van der Waals surface area contributed by atoms with Crippen LogP contribution in [-0.4, -0.2) is 72.4 Å². The van der Waals surface area contributed by atoms with Gasteiger partial charge in [0.05, 0.1) is 37.7 Å². The van der Waals surface area contributed by atoms with Gasteiger partial charge >= 0.3 is 45.2 Å². The number of hydrogen-bond acceptors (Lipinski definition) is 10. The molecule has 1 N–H and O–H groups in total. The number of ether oxygens (including phenoxy) is 4. The lowest BCUT2D eigenvalue weighted by atomic mass is 9.50. The van der Waals surface area contributed by atoms with Crippen molar-refractivity contribution in [2.24, 2.45) is 47.3 Å². The fourth-order valence-corrected chi connectivity index (χ4v) is 9.63. The van der Waals surface area contributed by atoms with Crippen LogP contribution in [0.5, 0.6) is 0 Å². The first kappa shape index (κ1) is 31.5. The number of rotatable bonds is 11. The predicted octanol–water partition coefficient (Wildman–Crippen LogP) is 3.29. The first-order chi connectivity index (χ1) is 20.4. The third-order valence-corrected chi connectivity index (χ3v) is 12.1. The number of hydrogen-bond donors (Lipinski definition) is 1. The zero-order chi connectivity index (χ0) is 32.0. The normalized spacial score (nSPS) is 40.2. The summed E-state index contributed by atoms with van der Waals surface area (Å²) in [6, 6.07) is 0. The van der Waals surface area contributed by atoms with Crippen LogP contribution in [0, 0.1) is 47.3 Å². The second-order valence-electron chi connectivity index (χ2n) is 13.5. The summed E-state index contributed by atoms with van der Waals surface area (Å²) in [7, 11) is -6.42. The van der Waals surface area contributed by atoms with Crippen LogP contribution in [0.4, 0.5) is 17.6 Å². The van der Waals surface area contributed by atoms with Crippen molar-refractivity contribution < 1.29 is 68.7 Å². The zero-order valence-electron chi connectivity index (χ0n) is 23.8. The third kappa shape index (κ3) is 4.98. The molecule has 44 heavy (non-hydrogen) atoms. The molecule has 6 unspecified atom stereocenters. The largest absolute Gasteiger partial charge is 0.465 e. The van der Waals surface area contributed by atoms with E-state index in [1.54, 1.807) is 0 Å². The van der Waals surface area contributed by atoms with E-state index in [2.05, 4.69) is 4.74 Å². The summed E-state index contributed by atoms with van der Waals surface area (Å²) >= 11 is 0. The molecule has 0 aromatic rings. The minimum absolute atomic E-state index is 0.267. The average Bonchev–Trinajstić information content (AvgIpc) is 3.53. The lowest BCUT2D eigenvalue weighted by Gasteiger charge is -2.59. The average molecular weight is 655 g/mol. The number of carbonyl (C=O) groups excluding carboxylic acids is 4. The summed E-state index contributed by atoms with van der Waals surface area (Å²) in [6.45, 7) is 0.683. The molecule has 0 aromatic carbocycles. The van der Waals surface area contributed by atoms with Crippen LogP contribution in [0.25, 0.3) is 0 Å². The van der Waals surface area contributed by atoms with Crippen molar-refractivity contribution >= 4 is 34.0 Å². The van der Waals surface area contributed by atoms with E-state index in [0.29, 0.717) is 18.3 Å². The molecule has 246 valence electrons. The van der Waals surface area contributed by atoms with Crippen molar-refractivity contribution in [1.29, 1.82) is 0 Å². The quantitative estimate of drug-likeness (QED) is 0.151. The lowest BCUT2D eigenvalue weighted by Crippen LogP contribution is -2.59. The molecule has 1 heterocycles. The first-order valence-corrected chi connectivity index (χ1v) is 16.4. The van der Waals surface area contributed by atoms with E-state index in [0.717, 1.165) is 25.7 Å². The fraction of sp³-hybridized carbons (Fsp3) is 0.857. The van der Waals surface area contributed by atoms with Crippen LogP contribution in [-0.2, 0) is 48.2 Å². The first-order valence-electron chi connectivity index (χ1n) is 14.9. The Morgan fingerprint density at radius 1 is 0.955 bits per heavy atom. The topological polar surface area (TPSA) is 160 Å². The molecule has 6 saturated carbocycles. The Labute approximate surface area is 250 Å². The van der Waals surface area contributed by atoms with Crippen molar-refractivity contribution in [3.05, 3.63) is 0 Å². The lowest BCUT2D eigenvalue weighted by molar-refractivity contribution is -0.211. The molecule has 7 rings (SSSR count). The summed E-state index contributed by atoms with van der Waals surface area (Å²) in [6.07, 6.45) is 0.839. The molecule has 7 aliphatic rings. The Balaban J connectivity index is 1.02. The molecule has 16 heteroatoms. The number of halogens is 4. The molecule has 1 aliphatic heterocycles. The van der Waals surface area contributed by atoms with E-state index in [9.17, 15) is 45.2 Å². The Kier molecular flexibility index (Phi) is 7.53. The maximum absolute atomic E-state index is 13.7. The monoisotopic (exact) mass is 654 g/mol. The molecule has 0 radical (unpaired) electrons. The van der Waals surface area contributed by atoms with Crippen LogP contribution in [0.1, 0.15) is 64.7 Å². The Bertz CT molecular complexity index is 1320. The molecule has 6 atom stereocenters. The van der Waals surface area contributed by atoms with Gasteiger partial charge in [-0.1, -0.05) is 0 Å². The predicted molar refractivity (Wildman–Crippen MR) is 136 cm³/mol. The zero-order valence-corrected chi connectivity index (χ0v) is 24.6. The van der Waals surface area contributed by atoms with Crippen LogP contribution >= 0.6 is 0 Å². The summed E-state index contributed by atoms with van der Waals surface area (Å²) in [4.78, 5) is 51.0. The van der Waals surface area contributed by atoms with Gasteiger partial charge in [0.1, 0.15) is 17.8 Å². The Morgan fingerprint density at radius 3 is 2.14 bits per heavy atom. The maximum atomic E-state index is 13.7. The van der Waals surface area contributed by atoms with Crippen LogP contribution in [0.15, 0.2) is 0 Å². The van der Waals surface area contributed by atoms with E-state index in [1.807, 2.05) is 6.92 Å². The molecular formula is C28H34F4O11S. The molecule has 0 spiro atoms. The van der Waals surface area contributed by atoms with Crippen molar-refractivity contribution in [2.45, 2.75) is 93.7 Å². The van der Waals surface area contributed by atoms with Gasteiger partial charge in [-0.3, -0.25) is 23.7 Å². The second kappa shape index (κ2) is 10.5. The summed E-state index contributed by atoms with van der Waals surface area (Å²) < 4.78 is 105. The van der Waals surface area contributed by atoms with Crippen LogP contribution in [0.2, 0.25) is 0 Å².